The van der Waals surface area contributed by atoms with Crippen molar-refractivity contribution in [3.63, 3.8) is 0 Å². The average Bonchev–Trinajstić information content (AvgIpc) is 3.11. The summed E-state index contributed by atoms with van der Waals surface area (Å²) < 4.78 is 17.8. The molecule has 50 heavy (non-hydrogen) atoms. The molecule has 2 bridgehead atoms. The van der Waals surface area contributed by atoms with E-state index in [1.165, 1.54) is 49.8 Å². The highest BCUT2D eigenvalue weighted by atomic mass is 35.5. The van der Waals surface area contributed by atoms with Crippen molar-refractivity contribution in [1.29, 1.82) is 0 Å². The van der Waals surface area contributed by atoms with Gasteiger partial charge in [0.15, 0.2) is 11.5 Å². The second kappa shape index (κ2) is 15.0. The number of pyridine rings is 2. The molecule has 3 fully saturated rings. The molecule has 2 aromatic carbocycles. The number of halogens is 2. The standard InChI is InChI=1S/C36H36Cl2N4O8/c1-48-31-7-4-23(14-32(31)49-2)26(15-28-29(37)18-41(47)19-30(28)38)27-13-21(3-6-25(27)35(44)45)17-42(24-5-8-34(43)39-16-24)36(46)50-33-20-40-11-9-22(33)10-12-40/h3-8,13-14,16,18-19,22,26,33H,9-12,15,17,20H2,1-2H3,(H2-,39,43,44,45,47)/t26-,33-/m0/s1. The number of carbonyl (C=O) groups excluding carboxylic acids is 2. The fourth-order valence-electron chi connectivity index (χ4n) is 6.82. The van der Waals surface area contributed by atoms with E-state index in [1.54, 1.807) is 36.4 Å². The number of aromatic carboxylic acids is 1. The molecule has 0 spiro atoms. The van der Waals surface area contributed by atoms with Crippen LogP contribution in [-0.2, 0) is 17.7 Å². The molecule has 0 unspecified atom stereocenters. The number of carbonyl (C=O) groups is 2. The zero-order valence-corrected chi connectivity index (χ0v) is 28.9. The van der Waals surface area contributed by atoms with Crippen molar-refractivity contribution in [3.8, 4) is 17.4 Å². The van der Waals surface area contributed by atoms with Gasteiger partial charge in [-0.3, -0.25) is 15.0 Å². The predicted molar refractivity (Wildman–Crippen MR) is 181 cm³/mol. The molecule has 0 radical (unpaired) electrons. The van der Waals surface area contributed by atoms with Gasteiger partial charge in [0.05, 0.1) is 38.6 Å². The van der Waals surface area contributed by atoms with Gasteiger partial charge in [-0.15, -0.1) is 0 Å². The van der Waals surface area contributed by atoms with Gasteiger partial charge in [0.25, 0.3) is 0 Å². The topological polar surface area (TPSA) is 149 Å². The van der Waals surface area contributed by atoms with Crippen molar-refractivity contribution in [3.05, 3.63) is 105 Å². The molecule has 2 atom stereocenters. The van der Waals surface area contributed by atoms with E-state index in [4.69, 9.17) is 37.4 Å². The van der Waals surface area contributed by atoms with Gasteiger partial charge in [0.1, 0.15) is 16.1 Å². The summed E-state index contributed by atoms with van der Waals surface area (Å²) in [5.74, 6) is -1.13. The number of ether oxygens (including phenoxy) is 3. The van der Waals surface area contributed by atoms with Gasteiger partial charge < -0.3 is 29.2 Å². The Morgan fingerprint density at radius 2 is 1.76 bits per heavy atom. The van der Waals surface area contributed by atoms with Crippen LogP contribution in [0, 0.1) is 5.92 Å². The molecule has 4 aromatic rings. The van der Waals surface area contributed by atoms with Crippen LogP contribution in [0.5, 0.6) is 17.4 Å². The van der Waals surface area contributed by atoms with E-state index in [0.717, 1.165) is 30.7 Å². The third-order valence-electron chi connectivity index (χ3n) is 9.45. The summed E-state index contributed by atoms with van der Waals surface area (Å²) in [4.78, 5) is 34.2. The first-order valence-corrected chi connectivity index (χ1v) is 16.8. The number of benzene rings is 2. The van der Waals surface area contributed by atoms with Gasteiger partial charge in [-0.2, -0.15) is 0 Å². The smallest absolute Gasteiger partial charge is 0.414 e. The summed E-state index contributed by atoms with van der Waals surface area (Å²) in [6.07, 6.45) is 5.13. The maximum absolute atomic E-state index is 13.9. The number of piperidine rings is 3. The maximum Gasteiger partial charge on any atom is 0.414 e. The Labute approximate surface area is 298 Å². The number of anilines is 1. The minimum Gasteiger partial charge on any atom is -0.545 e. The monoisotopic (exact) mass is 722 g/mol. The highest BCUT2D eigenvalue weighted by Gasteiger charge is 2.37. The first-order valence-electron chi connectivity index (χ1n) is 16.0. The molecular formula is C36H36Cl2N4O8. The number of rotatable bonds is 11. The van der Waals surface area contributed by atoms with Crippen LogP contribution in [0.1, 0.15) is 51.4 Å². The molecule has 3 aliphatic rings. The molecule has 3 saturated heterocycles. The number of carboxylic acid groups (broad SMARTS) is 1. The van der Waals surface area contributed by atoms with Crippen molar-refractivity contribution < 1.29 is 44.0 Å². The molecule has 7 rings (SSSR count). The lowest BCUT2D eigenvalue weighted by Crippen LogP contribution is -2.53. The second-order valence-electron chi connectivity index (χ2n) is 12.4. The summed E-state index contributed by atoms with van der Waals surface area (Å²) in [5, 5.41) is 32.8. The van der Waals surface area contributed by atoms with Crippen LogP contribution in [0.2, 0.25) is 10.0 Å². The number of hydrogen-bond donors (Lipinski definition) is 2. The van der Waals surface area contributed by atoms with Crippen LogP contribution < -0.4 is 24.2 Å². The zero-order chi connectivity index (χ0) is 35.5. The first kappa shape index (κ1) is 35.1. The predicted octanol–water partition coefficient (Wildman–Crippen LogP) is 4.61. The van der Waals surface area contributed by atoms with E-state index in [9.17, 15) is 25.0 Å². The Balaban J connectivity index is 1.42. The highest BCUT2D eigenvalue weighted by Crippen LogP contribution is 2.39. The second-order valence-corrected chi connectivity index (χ2v) is 13.2. The molecule has 12 nitrogen and oxygen atoms in total. The Hall–Kier alpha value is -4.78. The van der Waals surface area contributed by atoms with Crippen molar-refractivity contribution in [2.75, 3.05) is 38.8 Å². The van der Waals surface area contributed by atoms with Crippen LogP contribution in [-0.4, -0.2) is 72.2 Å². The van der Waals surface area contributed by atoms with Gasteiger partial charge >= 0.3 is 6.09 Å². The van der Waals surface area contributed by atoms with Gasteiger partial charge in [-0.25, -0.2) is 9.78 Å². The van der Waals surface area contributed by atoms with E-state index >= 15 is 0 Å². The minimum atomic E-state index is -1.41. The SMILES string of the molecule is COc1ccc([C@H](Cc2c(Cl)c[n+](O)cc2Cl)c2cc(CN(C(=O)O[C@H]3CN4CCC3CC4)c3ccc(O)nc3)ccc2C(=O)[O-])cc1OC. The lowest BCUT2D eigenvalue weighted by atomic mass is 9.82. The van der Waals surface area contributed by atoms with E-state index < -0.39 is 18.0 Å². The lowest BCUT2D eigenvalue weighted by Gasteiger charge is -2.44. The first-order chi connectivity index (χ1) is 24.0. The third kappa shape index (κ3) is 7.52. The van der Waals surface area contributed by atoms with E-state index in [-0.39, 0.29) is 46.5 Å². The van der Waals surface area contributed by atoms with Crippen molar-refractivity contribution in [2.45, 2.75) is 37.8 Å². The lowest BCUT2D eigenvalue weighted by molar-refractivity contribution is -0.904. The zero-order valence-electron chi connectivity index (χ0n) is 27.4. The molecule has 0 aliphatic carbocycles. The van der Waals surface area contributed by atoms with Crippen LogP contribution >= 0.6 is 23.2 Å². The van der Waals surface area contributed by atoms with Crippen molar-refractivity contribution in [1.82, 2.24) is 9.88 Å². The summed E-state index contributed by atoms with van der Waals surface area (Å²) >= 11 is 13.1. The van der Waals surface area contributed by atoms with E-state index in [2.05, 4.69) is 9.88 Å². The molecular weight excluding hydrogens is 687 g/mol. The van der Waals surface area contributed by atoms with Crippen molar-refractivity contribution >= 4 is 41.0 Å². The average molecular weight is 724 g/mol. The third-order valence-corrected chi connectivity index (χ3v) is 10.1. The Morgan fingerprint density at radius 1 is 1.04 bits per heavy atom. The molecule has 0 saturated carbocycles. The molecule has 3 aliphatic heterocycles. The summed E-state index contributed by atoms with van der Waals surface area (Å²) in [7, 11) is 3.01. The summed E-state index contributed by atoms with van der Waals surface area (Å²) in [6.45, 7) is 2.62. The maximum atomic E-state index is 13.9. The normalized spacial score (nSPS) is 18.7. The summed E-state index contributed by atoms with van der Waals surface area (Å²) in [5.41, 5.74) is 2.35. The fraction of sp³-hybridized carbons (Fsp3) is 0.333. The Kier molecular flexibility index (Phi) is 10.5. The van der Waals surface area contributed by atoms with E-state index in [0.29, 0.717) is 46.0 Å². The Morgan fingerprint density at radius 3 is 2.36 bits per heavy atom. The van der Waals surface area contributed by atoms with Crippen LogP contribution in [0.3, 0.4) is 0 Å². The van der Waals surface area contributed by atoms with Gasteiger partial charge in [-0.1, -0.05) is 47.5 Å². The largest absolute Gasteiger partial charge is 0.545 e. The number of aromatic hydroxyl groups is 1. The van der Waals surface area contributed by atoms with E-state index in [1.807, 2.05) is 0 Å². The molecule has 5 heterocycles. The number of hydrogen-bond acceptors (Lipinski definition) is 10. The minimum absolute atomic E-state index is 0.0112. The number of nitrogens with zero attached hydrogens (tertiary/aromatic N) is 4. The number of methoxy groups -OCH3 is 2. The van der Waals surface area contributed by atoms with Gasteiger partial charge in [0.2, 0.25) is 18.3 Å². The molecule has 14 heteroatoms. The molecule has 262 valence electrons. The van der Waals surface area contributed by atoms with Crippen LogP contribution in [0.4, 0.5) is 10.5 Å². The molecule has 2 N–H and O–H groups in total. The Bertz CT molecular complexity index is 1860. The van der Waals surface area contributed by atoms with Gasteiger partial charge in [-0.05, 0) is 73.2 Å². The number of amides is 1. The summed E-state index contributed by atoms with van der Waals surface area (Å²) in [6, 6.07) is 12.9. The number of aromatic nitrogens is 2. The van der Waals surface area contributed by atoms with Crippen LogP contribution in [0.25, 0.3) is 0 Å². The number of carboxylic acids is 1. The number of fused-ring (bicyclic) bond motifs is 3. The molecule has 1 amide bonds. The van der Waals surface area contributed by atoms with Crippen LogP contribution in [0.15, 0.2) is 67.1 Å². The van der Waals surface area contributed by atoms with Gasteiger partial charge in [0, 0.05) is 34.4 Å². The quantitative estimate of drug-likeness (QED) is 0.166. The molecule has 2 aromatic heterocycles. The van der Waals surface area contributed by atoms with Crippen molar-refractivity contribution in [2.24, 2.45) is 5.92 Å². The highest BCUT2D eigenvalue weighted by molar-refractivity contribution is 6.35. The fourth-order valence-corrected chi connectivity index (χ4v) is 7.43.